The number of benzene rings is 1. The lowest BCUT2D eigenvalue weighted by molar-refractivity contribution is -0.120. The van der Waals surface area contributed by atoms with Crippen LogP contribution in [-0.2, 0) is 4.79 Å². The van der Waals surface area contributed by atoms with Crippen LogP contribution in [0.25, 0.3) is 0 Å². The number of rotatable bonds is 5. The van der Waals surface area contributed by atoms with Crippen LogP contribution in [0, 0.1) is 13.8 Å². The predicted octanol–water partition coefficient (Wildman–Crippen LogP) is 3.38. The number of aryl methyl sites for hydroxylation is 2. The number of aromatic nitrogens is 2. The fourth-order valence-electron chi connectivity index (χ4n) is 1.79. The van der Waals surface area contributed by atoms with Gasteiger partial charge in [0.2, 0.25) is 0 Å². The Morgan fingerprint density at radius 1 is 1.30 bits per heavy atom. The molecule has 1 amide bonds. The molecule has 1 atom stereocenters. The van der Waals surface area contributed by atoms with E-state index in [9.17, 15) is 4.79 Å². The number of thioether (sulfide) groups is 1. The van der Waals surface area contributed by atoms with Crippen molar-refractivity contribution in [3.8, 4) is 0 Å². The van der Waals surface area contributed by atoms with Gasteiger partial charge in [0, 0.05) is 22.0 Å². The second-order valence-electron chi connectivity index (χ2n) is 4.95. The number of nitrogens with zero attached hydrogens (tertiary/aromatic N) is 3. The summed E-state index contributed by atoms with van der Waals surface area (Å²) < 4.78 is 0. The van der Waals surface area contributed by atoms with Crippen LogP contribution in [0.2, 0.25) is 5.02 Å². The monoisotopic (exact) mass is 348 g/mol. The lowest BCUT2D eigenvalue weighted by atomic mass is 10.2. The fraction of sp³-hybridized carbons (Fsp3) is 0.250. The molecule has 0 spiro atoms. The van der Waals surface area contributed by atoms with Crippen molar-refractivity contribution < 1.29 is 4.79 Å². The zero-order valence-electron chi connectivity index (χ0n) is 13.1. The molecule has 0 aliphatic rings. The first-order chi connectivity index (χ1) is 11.0. The summed E-state index contributed by atoms with van der Waals surface area (Å²) >= 11 is 7.31. The van der Waals surface area contributed by atoms with Crippen molar-refractivity contribution in [3.63, 3.8) is 0 Å². The zero-order valence-corrected chi connectivity index (χ0v) is 14.6. The second kappa shape index (κ2) is 8.08. The molecule has 1 unspecified atom stereocenters. The first kappa shape index (κ1) is 17.4. The van der Waals surface area contributed by atoms with Gasteiger partial charge in [-0.05, 0) is 32.9 Å². The van der Waals surface area contributed by atoms with E-state index in [4.69, 9.17) is 11.6 Å². The first-order valence-electron chi connectivity index (χ1n) is 7.02. The highest BCUT2D eigenvalue weighted by Crippen LogP contribution is 2.20. The molecule has 0 radical (unpaired) electrons. The van der Waals surface area contributed by atoms with E-state index in [1.165, 1.54) is 18.0 Å². The van der Waals surface area contributed by atoms with Crippen LogP contribution in [0.5, 0.6) is 0 Å². The third-order valence-electron chi connectivity index (χ3n) is 2.90. The number of nitrogens with one attached hydrogen (secondary N) is 1. The van der Waals surface area contributed by atoms with Crippen LogP contribution in [0.3, 0.4) is 0 Å². The van der Waals surface area contributed by atoms with Gasteiger partial charge in [-0.15, -0.1) is 0 Å². The summed E-state index contributed by atoms with van der Waals surface area (Å²) in [6.45, 7) is 5.58. The molecule has 2 aromatic rings. The van der Waals surface area contributed by atoms with Gasteiger partial charge in [0.1, 0.15) is 0 Å². The van der Waals surface area contributed by atoms with Gasteiger partial charge in [-0.1, -0.05) is 41.6 Å². The minimum absolute atomic E-state index is 0.221. The molecular weight excluding hydrogens is 332 g/mol. The summed E-state index contributed by atoms with van der Waals surface area (Å²) in [5.41, 5.74) is 5.00. The van der Waals surface area contributed by atoms with E-state index in [0.29, 0.717) is 10.2 Å². The molecule has 1 aromatic carbocycles. The Balaban J connectivity index is 1.93. The van der Waals surface area contributed by atoms with E-state index < -0.39 is 0 Å². The minimum atomic E-state index is -0.361. The molecule has 1 N–H and O–H groups in total. The highest BCUT2D eigenvalue weighted by Gasteiger charge is 2.15. The van der Waals surface area contributed by atoms with Crippen molar-refractivity contribution in [1.29, 1.82) is 0 Å². The summed E-state index contributed by atoms with van der Waals surface area (Å²) in [6.07, 6.45) is 1.52. The van der Waals surface area contributed by atoms with E-state index in [1.54, 1.807) is 13.0 Å². The molecule has 0 fully saturated rings. The number of hydrogen-bond donors (Lipinski definition) is 1. The van der Waals surface area contributed by atoms with Crippen molar-refractivity contribution in [3.05, 3.63) is 52.3 Å². The average molecular weight is 349 g/mol. The molecule has 2 rings (SSSR count). The number of carbonyl (C=O) groups is 1. The fourth-order valence-corrected chi connectivity index (χ4v) is 2.85. The normalized spacial score (nSPS) is 12.3. The maximum Gasteiger partial charge on any atom is 0.253 e. The Labute approximate surface area is 144 Å². The Morgan fingerprint density at radius 3 is 2.61 bits per heavy atom. The summed E-state index contributed by atoms with van der Waals surface area (Å²) in [5.74, 6) is -0.221. The van der Waals surface area contributed by atoms with Crippen LogP contribution in [-0.4, -0.2) is 27.3 Å². The average Bonchev–Trinajstić information content (AvgIpc) is 2.48. The maximum atomic E-state index is 12.1. The zero-order chi connectivity index (χ0) is 16.8. The molecule has 1 aromatic heterocycles. The Hall–Kier alpha value is -1.92. The van der Waals surface area contributed by atoms with Crippen LogP contribution in [0.1, 0.15) is 23.9 Å². The molecule has 1 heterocycles. The number of carbonyl (C=O) groups excluding carboxylic acids is 1. The predicted molar refractivity (Wildman–Crippen MR) is 94.0 cm³/mol. The Kier molecular flexibility index (Phi) is 6.12. The SMILES string of the molecule is Cc1cc(C)nc(SC(C)C(=O)NN=Cc2ccccc2Cl)n1. The van der Waals surface area contributed by atoms with Gasteiger partial charge in [0.05, 0.1) is 11.5 Å². The Morgan fingerprint density at radius 2 is 1.96 bits per heavy atom. The lowest BCUT2D eigenvalue weighted by Crippen LogP contribution is -2.27. The van der Waals surface area contributed by atoms with Gasteiger partial charge in [-0.25, -0.2) is 15.4 Å². The van der Waals surface area contributed by atoms with Crippen LogP contribution in [0.4, 0.5) is 0 Å². The highest BCUT2D eigenvalue weighted by atomic mass is 35.5. The van der Waals surface area contributed by atoms with E-state index in [-0.39, 0.29) is 11.2 Å². The molecule has 0 aliphatic heterocycles. The minimum Gasteiger partial charge on any atom is -0.272 e. The molecule has 0 bridgehead atoms. The third kappa shape index (κ3) is 5.33. The number of hydrogen-bond acceptors (Lipinski definition) is 5. The summed E-state index contributed by atoms with van der Waals surface area (Å²) in [6, 6.07) is 9.16. The van der Waals surface area contributed by atoms with Crippen LogP contribution >= 0.6 is 23.4 Å². The standard InChI is InChI=1S/C16H17ClN4OS/c1-10-8-11(2)20-16(19-10)23-12(3)15(22)21-18-9-13-6-4-5-7-14(13)17/h4-9,12H,1-3H3,(H,21,22). The van der Waals surface area contributed by atoms with E-state index in [1.807, 2.05) is 38.1 Å². The Bertz CT molecular complexity index is 716. The third-order valence-corrected chi connectivity index (χ3v) is 4.20. The number of hydrazone groups is 1. The smallest absolute Gasteiger partial charge is 0.253 e. The van der Waals surface area contributed by atoms with Crippen molar-refractivity contribution in [2.75, 3.05) is 0 Å². The molecule has 0 saturated carbocycles. The molecule has 0 aliphatic carbocycles. The topological polar surface area (TPSA) is 67.2 Å². The highest BCUT2D eigenvalue weighted by molar-refractivity contribution is 8.00. The first-order valence-corrected chi connectivity index (χ1v) is 8.28. The van der Waals surface area contributed by atoms with E-state index in [2.05, 4.69) is 20.5 Å². The van der Waals surface area contributed by atoms with E-state index >= 15 is 0 Å². The van der Waals surface area contributed by atoms with Gasteiger partial charge in [0.25, 0.3) is 5.91 Å². The second-order valence-corrected chi connectivity index (χ2v) is 6.66. The van der Waals surface area contributed by atoms with Crippen molar-refractivity contribution in [2.45, 2.75) is 31.2 Å². The van der Waals surface area contributed by atoms with Crippen LogP contribution in [0.15, 0.2) is 40.6 Å². The molecule has 120 valence electrons. The molecule has 5 nitrogen and oxygen atoms in total. The van der Waals surface area contributed by atoms with Gasteiger partial charge in [-0.3, -0.25) is 4.79 Å². The number of halogens is 1. The van der Waals surface area contributed by atoms with Crippen molar-refractivity contribution in [1.82, 2.24) is 15.4 Å². The lowest BCUT2D eigenvalue weighted by Gasteiger charge is -2.09. The van der Waals surface area contributed by atoms with Gasteiger partial charge >= 0.3 is 0 Å². The van der Waals surface area contributed by atoms with Gasteiger partial charge < -0.3 is 0 Å². The molecule has 7 heteroatoms. The molecule has 23 heavy (non-hydrogen) atoms. The van der Waals surface area contributed by atoms with Crippen molar-refractivity contribution >= 4 is 35.5 Å². The van der Waals surface area contributed by atoms with Gasteiger partial charge in [-0.2, -0.15) is 5.10 Å². The number of amides is 1. The maximum absolute atomic E-state index is 12.1. The molecule has 0 saturated heterocycles. The van der Waals surface area contributed by atoms with Crippen molar-refractivity contribution in [2.24, 2.45) is 5.10 Å². The summed E-state index contributed by atoms with van der Waals surface area (Å²) in [4.78, 5) is 20.7. The van der Waals surface area contributed by atoms with Gasteiger partial charge in [0.15, 0.2) is 5.16 Å². The quantitative estimate of drug-likeness (QED) is 0.389. The largest absolute Gasteiger partial charge is 0.272 e. The molecular formula is C16H17ClN4OS. The summed E-state index contributed by atoms with van der Waals surface area (Å²) in [7, 11) is 0. The van der Waals surface area contributed by atoms with Crippen LogP contribution < -0.4 is 5.43 Å². The summed E-state index contributed by atoms with van der Waals surface area (Å²) in [5, 5.41) is 4.74. The van der Waals surface area contributed by atoms with E-state index in [0.717, 1.165) is 17.0 Å².